The van der Waals surface area contributed by atoms with Crippen LogP contribution < -0.4 is 5.32 Å². The fourth-order valence-corrected chi connectivity index (χ4v) is 2.96. The van der Waals surface area contributed by atoms with Gasteiger partial charge in [0.05, 0.1) is 18.3 Å². The number of nitrogens with one attached hydrogen (secondary N) is 1. The molecule has 2 heterocycles. The molecule has 1 saturated heterocycles. The lowest BCUT2D eigenvalue weighted by Gasteiger charge is -2.27. The van der Waals surface area contributed by atoms with Crippen molar-refractivity contribution in [3.63, 3.8) is 0 Å². The van der Waals surface area contributed by atoms with Crippen LogP contribution >= 0.6 is 11.8 Å². The lowest BCUT2D eigenvalue weighted by molar-refractivity contribution is -0.132. The van der Waals surface area contributed by atoms with E-state index in [9.17, 15) is 4.79 Å². The summed E-state index contributed by atoms with van der Waals surface area (Å²) in [5.74, 6) is 2.86. The number of carbonyl (C=O) groups is 1. The van der Waals surface area contributed by atoms with Crippen molar-refractivity contribution in [1.82, 2.24) is 15.4 Å². The monoisotopic (exact) mass is 269 g/mol. The Kier molecular flexibility index (Phi) is 4.29. The molecule has 1 fully saturated rings. The maximum absolute atomic E-state index is 12.2. The van der Waals surface area contributed by atoms with Crippen molar-refractivity contribution >= 4 is 17.7 Å². The van der Waals surface area contributed by atoms with Crippen molar-refractivity contribution in [1.29, 1.82) is 0 Å². The van der Waals surface area contributed by atoms with Crippen molar-refractivity contribution in [2.45, 2.75) is 26.4 Å². The van der Waals surface area contributed by atoms with Gasteiger partial charge in [-0.05, 0) is 13.8 Å². The van der Waals surface area contributed by atoms with Gasteiger partial charge in [0.2, 0.25) is 5.91 Å². The molecule has 0 radical (unpaired) electrons. The molecular weight excluding hydrogens is 250 g/mol. The minimum atomic E-state index is -0.0609. The molecule has 0 aliphatic carbocycles. The number of amides is 1. The summed E-state index contributed by atoms with van der Waals surface area (Å²) in [6, 6.07) is -0.0609. The summed E-state index contributed by atoms with van der Waals surface area (Å²) in [5, 5.41) is 7.17. The average Bonchev–Trinajstić information content (AvgIpc) is 2.70. The van der Waals surface area contributed by atoms with Crippen molar-refractivity contribution < 1.29 is 9.32 Å². The van der Waals surface area contributed by atoms with Gasteiger partial charge in [-0.15, -0.1) is 0 Å². The number of rotatable bonds is 3. The second-order valence-corrected chi connectivity index (χ2v) is 5.73. The Balaban J connectivity index is 1.98. The molecule has 0 aromatic carbocycles. The molecule has 1 aliphatic heterocycles. The van der Waals surface area contributed by atoms with Gasteiger partial charge in [0.1, 0.15) is 5.76 Å². The molecule has 1 atom stereocenters. The molecule has 1 aromatic rings. The molecule has 1 aliphatic rings. The van der Waals surface area contributed by atoms with E-state index in [4.69, 9.17) is 4.52 Å². The maximum Gasteiger partial charge on any atom is 0.240 e. The minimum Gasteiger partial charge on any atom is -0.361 e. The van der Waals surface area contributed by atoms with Gasteiger partial charge in [-0.3, -0.25) is 4.79 Å². The van der Waals surface area contributed by atoms with E-state index < -0.39 is 0 Å². The normalized spacial score (nSPS) is 19.8. The summed E-state index contributed by atoms with van der Waals surface area (Å²) in [4.78, 5) is 14.0. The standard InChI is InChI=1S/C12H19N3O2S/c1-8-10(9(2)17-14-8)6-15(3)12(16)11-7-18-5-4-13-11/h11,13H,4-7H2,1-3H3. The molecule has 100 valence electrons. The molecule has 6 heteroatoms. The van der Waals surface area contributed by atoms with Crippen LogP contribution in [0.15, 0.2) is 4.52 Å². The number of thioether (sulfide) groups is 1. The number of aromatic nitrogens is 1. The highest BCUT2D eigenvalue weighted by Gasteiger charge is 2.25. The quantitative estimate of drug-likeness (QED) is 0.885. The first-order chi connectivity index (χ1) is 8.59. The van der Waals surface area contributed by atoms with Crippen LogP contribution in [0.2, 0.25) is 0 Å². The van der Waals surface area contributed by atoms with Gasteiger partial charge < -0.3 is 14.7 Å². The number of hydrogen-bond donors (Lipinski definition) is 1. The zero-order chi connectivity index (χ0) is 13.1. The zero-order valence-electron chi connectivity index (χ0n) is 11.0. The smallest absolute Gasteiger partial charge is 0.240 e. The molecule has 2 rings (SSSR count). The number of nitrogens with zero attached hydrogens (tertiary/aromatic N) is 2. The van der Waals surface area contributed by atoms with Crippen molar-refractivity contribution in [3.05, 3.63) is 17.0 Å². The summed E-state index contributed by atoms with van der Waals surface area (Å²) < 4.78 is 5.11. The lowest BCUT2D eigenvalue weighted by Crippen LogP contribution is -2.49. The van der Waals surface area contributed by atoms with Crippen LogP contribution in [0.3, 0.4) is 0 Å². The summed E-state index contributed by atoms with van der Waals surface area (Å²) in [7, 11) is 1.83. The van der Waals surface area contributed by atoms with E-state index >= 15 is 0 Å². The Morgan fingerprint density at radius 2 is 2.39 bits per heavy atom. The number of aryl methyl sites for hydroxylation is 2. The van der Waals surface area contributed by atoms with Crippen LogP contribution in [0.4, 0.5) is 0 Å². The molecule has 1 N–H and O–H groups in total. The predicted molar refractivity (Wildman–Crippen MR) is 71.6 cm³/mol. The topological polar surface area (TPSA) is 58.4 Å². The molecule has 0 spiro atoms. The van der Waals surface area contributed by atoms with E-state index in [1.807, 2.05) is 32.7 Å². The molecular formula is C12H19N3O2S. The van der Waals surface area contributed by atoms with Crippen LogP contribution in [0.1, 0.15) is 17.0 Å². The Morgan fingerprint density at radius 1 is 1.61 bits per heavy atom. The number of carbonyl (C=O) groups excluding carboxylic acids is 1. The summed E-state index contributed by atoms with van der Waals surface area (Å²) in [6.45, 7) is 5.24. The SMILES string of the molecule is Cc1noc(C)c1CN(C)C(=O)C1CSCCN1. The second-order valence-electron chi connectivity index (χ2n) is 4.58. The Bertz CT molecular complexity index is 407. The molecule has 1 aromatic heterocycles. The molecule has 18 heavy (non-hydrogen) atoms. The third-order valence-corrected chi connectivity index (χ3v) is 4.23. The predicted octanol–water partition coefficient (Wildman–Crippen LogP) is 0.955. The third kappa shape index (κ3) is 2.87. The zero-order valence-corrected chi connectivity index (χ0v) is 11.8. The third-order valence-electron chi connectivity index (χ3n) is 3.17. The first-order valence-electron chi connectivity index (χ1n) is 6.07. The first-order valence-corrected chi connectivity index (χ1v) is 7.23. The molecule has 1 amide bonds. The Hall–Kier alpha value is -1.01. The van der Waals surface area contributed by atoms with E-state index in [1.54, 1.807) is 4.90 Å². The van der Waals surface area contributed by atoms with E-state index in [0.717, 1.165) is 35.1 Å². The van der Waals surface area contributed by atoms with Gasteiger partial charge in [0.25, 0.3) is 0 Å². The lowest BCUT2D eigenvalue weighted by atomic mass is 10.2. The fraction of sp³-hybridized carbons (Fsp3) is 0.667. The van der Waals surface area contributed by atoms with Crippen molar-refractivity contribution in [2.24, 2.45) is 0 Å². The van der Waals surface area contributed by atoms with Gasteiger partial charge in [0, 0.05) is 30.7 Å². The molecule has 0 bridgehead atoms. The van der Waals surface area contributed by atoms with Crippen LogP contribution in [0.25, 0.3) is 0 Å². The van der Waals surface area contributed by atoms with Crippen LogP contribution in [0, 0.1) is 13.8 Å². The van der Waals surface area contributed by atoms with Gasteiger partial charge in [0.15, 0.2) is 0 Å². The Labute approximate surface area is 111 Å². The number of hydrogen-bond acceptors (Lipinski definition) is 5. The van der Waals surface area contributed by atoms with Crippen molar-refractivity contribution in [2.75, 3.05) is 25.1 Å². The second kappa shape index (κ2) is 5.75. The molecule has 0 saturated carbocycles. The van der Waals surface area contributed by atoms with E-state index in [2.05, 4.69) is 10.5 Å². The highest BCUT2D eigenvalue weighted by atomic mass is 32.2. The first kappa shape index (κ1) is 13.4. The number of likely N-dealkylation sites (N-methyl/N-ethyl adjacent to an activating group) is 1. The molecule has 5 nitrogen and oxygen atoms in total. The van der Waals surface area contributed by atoms with Gasteiger partial charge in [-0.2, -0.15) is 11.8 Å². The largest absolute Gasteiger partial charge is 0.361 e. The van der Waals surface area contributed by atoms with Gasteiger partial charge >= 0.3 is 0 Å². The van der Waals surface area contributed by atoms with E-state index in [-0.39, 0.29) is 11.9 Å². The average molecular weight is 269 g/mol. The van der Waals surface area contributed by atoms with Gasteiger partial charge in [-0.25, -0.2) is 0 Å². The van der Waals surface area contributed by atoms with Crippen molar-refractivity contribution in [3.8, 4) is 0 Å². The van der Waals surface area contributed by atoms with Crippen LogP contribution in [-0.4, -0.2) is 47.1 Å². The van der Waals surface area contributed by atoms with E-state index in [0.29, 0.717) is 6.54 Å². The summed E-state index contributed by atoms with van der Waals surface area (Å²) >= 11 is 1.82. The Morgan fingerprint density at radius 3 is 2.94 bits per heavy atom. The fourth-order valence-electron chi connectivity index (χ4n) is 2.03. The van der Waals surface area contributed by atoms with E-state index in [1.165, 1.54) is 0 Å². The maximum atomic E-state index is 12.2. The van der Waals surface area contributed by atoms with Crippen LogP contribution in [-0.2, 0) is 11.3 Å². The summed E-state index contributed by atoms with van der Waals surface area (Å²) in [6.07, 6.45) is 0. The van der Waals surface area contributed by atoms with Gasteiger partial charge in [-0.1, -0.05) is 5.16 Å². The summed E-state index contributed by atoms with van der Waals surface area (Å²) in [5.41, 5.74) is 1.87. The minimum absolute atomic E-state index is 0.0609. The highest BCUT2D eigenvalue weighted by molar-refractivity contribution is 7.99. The highest BCUT2D eigenvalue weighted by Crippen LogP contribution is 2.16. The molecule has 1 unspecified atom stereocenters. The van der Waals surface area contributed by atoms with Crippen LogP contribution in [0.5, 0.6) is 0 Å².